The zero-order chi connectivity index (χ0) is 11.5. The van der Waals surface area contributed by atoms with Crippen molar-refractivity contribution in [1.29, 1.82) is 0 Å². The first-order valence-electron chi connectivity index (χ1n) is 5.48. The summed E-state index contributed by atoms with van der Waals surface area (Å²) in [4.78, 5) is 10.8. The molecule has 2 heterocycles. The van der Waals surface area contributed by atoms with Crippen molar-refractivity contribution in [3.63, 3.8) is 0 Å². The van der Waals surface area contributed by atoms with Crippen LogP contribution in [-0.2, 0) is 0 Å². The van der Waals surface area contributed by atoms with Crippen LogP contribution in [0, 0.1) is 6.92 Å². The first-order valence-corrected chi connectivity index (χ1v) is 7.02. The molecule has 1 aromatic rings. The van der Waals surface area contributed by atoms with Gasteiger partial charge in [-0.2, -0.15) is 11.8 Å². The van der Waals surface area contributed by atoms with Crippen LogP contribution in [0.3, 0.4) is 0 Å². The Bertz CT molecular complexity index is 346. The lowest BCUT2D eigenvalue weighted by molar-refractivity contribution is 0.582. The number of aromatic nitrogens is 2. The van der Waals surface area contributed by atoms with Gasteiger partial charge < -0.3 is 4.90 Å². The molecule has 2 rings (SSSR count). The topological polar surface area (TPSA) is 29.0 Å². The minimum absolute atomic E-state index is 0.527. The van der Waals surface area contributed by atoms with Gasteiger partial charge in [0.15, 0.2) is 0 Å². The van der Waals surface area contributed by atoms with E-state index in [4.69, 9.17) is 11.6 Å². The van der Waals surface area contributed by atoms with Gasteiger partial charge in [0.2, 0.25) is 0 Å². The van der Waals surface area contributed by atoms with Crippen molar-refractivity contribution in [2.45, 2.75) is 25.8 Å². The average Bonchev–Trinajstić information content (AvgIpc) is 2.28. The maximum Gasteiger partial charge on any atom is 0.134 e. The van der Waals surface area contributed by atoms with Crippen molar-refractivity contribution in [1.82, 2.24) is 9.97 Å². The Hall–Kier alpha value is -0.480. The summed E-state index contributed by atoms with van der Waals surface area (Å²) in [7, 11) is 2.10. The summed E-state index contributed by atoms with van der Waals surface area (Å²) in [6, 6.07) is 2.43. The molecular formula is C11H16ClN3S. The number of hydrogen-bond donors (Lipinski definition) is 0. The zero-order valence-electron chi connectivity index (χ0n) is 9.61. The van der Waals surface area contributed by atoms with E-state index in [2.05, 4.69) is 21.9 Å². The van der Waals surface area contributed by atoms with E-state index in [-0.39, 0.29) is 0 Å². The van der Waals surface area contributed by atoms with Gasteiger partial charge in [-0.1, -0.05) is 11.6 Å². The lowest BCUT2D eigenvalue weighted by Gasteiger charge is -2.31. The average molecular weight is 258 g/mol. The van der Waals surface area contributed by atoms with E-state index in [1.54, 1.807) is 0 Å². The van der Waals surface area contributed by atoms with Gasteiger partial charge in [0.25, 0.3) is 0 Å². The second kappa shape index (κ2) is 5.23. The number of hydrogen-bond acceptors (Lipinski definition) is 4. The smallest absolute Gasteiger partial charge is 0.134 e. The Kier molecular flexibility index (Phi) is 3.92. The monoisotopic (exact) mass is 257 g/mol. The standard InChI is InChI=1S/C11H16ClN3S/c1-8-13-10(12)7-11(14-8)15(2)9-3-5-16-6-4-9/h7,9H,3-6H2,1-2H3. The summed E-state index contributed by atoms with van der Waals surface area (Å²) in [5.74, 6) is 4.16. The highest BCUT2D eigenvalue weighted by Crippen LogP contribution is 2.25. The van der Waals surface area contributed by atoms with Crippen molar-refractivity contribution < 1.29 is 0 Å². The number of nitrogens with zero attached hydrogens (tertiary/aromatic N) is 3. The Balaban J connectivity index is 2.15. The molecule has 0 radical (unpaired) electrons. The first kappa shape index (κ1) is 12.0. The van der Waals surface area contributed by atoms with Crippen LogP contribution in [0.5, 0.6) is 0 Å². The molecule has 88 valence electrons. The van der Waals surface area contributed by atoms with E-state index >= 15 is 0 Å². The summed E-state index contributed by atoms with van der Waals surface area (Å²) in [5.41, 5.74) is 0. The molecule has 0 saturated carbocycles. The third kappa shape index (κ3) is 2.80. The summed E-state index contributed by atoms with van der Waals surface area (Å²) in [5, 5.41) is 0.527. The van der Waals surface area contributed by atoms with E-state index in [9.17, 15) is 0 Å². The van der Waals surface area contributed by atoms with Gasteiger partial charge in [-0.25, -0.2) is 9.97 Å². The highest BCUT2D eigenvalue weighted by Gasteiger charge is 2.19. The Morgan fingerprint density at radius 1 is 1.38 bits per heavy atom. The molecule has 3 nitrogen and oxygen atoms in total. The van der Waals surface area contributed by atoms with E-state index in [1.165, 1.54) is 24.3 Å². The van der Waals surface area contributed by atoms with E-state index in [0.717, 1.165) is 11.6 Å². The quantitative estimate of drug-likeness (QED) is 0.762. The second-order valence-electron chi connectivity index (χ2n) is 4.05. The minimum Gasteiger partial charge on any atom is -0.356 e. The second-order valence-corrected chi connectivity index (χ2v) is 5.66. The molecule has 0 N–H and O–H groups in total. The highest BCUT2D eigenvalue weighted by molar-refractivity contribution is 7.99. The highest BCUT2D eigenvalue weighted by atomic mass is 35.5. The van der Waals surface area contributed by atoms with Gasteiger partial charge in [0.1, 0.15) is 16.8 Å². The molecule has 0 spiro atoms. The van der Waals surface area contributed by atoms with Crippen molar-refractivity contribution in [3.8, 4) is 0 Å². The van der Waals surface area contributed by atoms with Crippen molar-refractivity contribution in [3.05, 3.63) is 17.0 Å². The SMILES string of the molecule is Cc1nc(Cl)cc(N(C)C2CCSCC2)n1. The van der Waals surface area contributed by atoms with Crippen LogP contribution in [-0.4, -0.2) is 34.6 Å². The van der Waals surface area contributed by atoms with Gasteiger partial charge in [-0.3, -0.25) is 0 Å². The molecular weight excluding hydrogens is 242 g/mol. The zero-order valence-corrected chi connectivity index (χ0v) is 11.2. The van der Waals surface area contributed by atoms with E-state index < -0.39 is 0 Å². The van der Waals surface area contributed by atoms with E-state index in [0.29, 0.717) is 11.2 Å². The van der Waals surface area contributed by atoms with Crippen LogP contribution in [0.4, 0.5) is 5.82 Å². The summed E-state index contributed by atoms with van der Waals surface area (Å²) < 4.78 is 0. The lowest BCUT2D eigenvalue weighted by Crippen LogP contribution is -2.35. The molecule has 16 heavy (non-hydrogen) atoms. The fourth-order valence-corrected chi connectivity index (χ4v) is 3.26. The minimum atomic E-state index is 0.527. The molecule has 0 aromatic carbocycles. The summed E-state index contributed by atoms with van der Waals surface area (Å²) in [6.45, 7) is 1.87. The Labute approximate surface area is 106 Å². The molecule has 0 atom stereocenters. The van der Waals surface area contributed by atoms with Crippen LogP contribution < -0.4 is 4.90 Å². The number of anilines is 1. The van der Waals surface area contributed by atoms with Gasteiger partial charge in [0.05, 0.1) is 0 Å². The molecule has 1 saturated heterocycles. The maximum atomic E-state index is 5.95. The third-order valence-electron chi connectivity index (χ3n) is 2.89. The molecule has 1 fully saturated rings. The van der Waals surface area contributed by atoms with Gasteiger partial charge in [0, 0.05) is 19.2 Å². The fourth-order valence-electron chi connectivity index (χ4n) is 1.96. The summed E-state index contributed by atoms with van der Waals surface area (Å²) in [6.07, 6.45) is 2.45. The Morgan fingerprint density at radius 3 is 2.69 bits per heavy atom. The van der Waals surface area contributed by atoms with Crippen LogP contribution in [0.15, 0.2) is 6.07 Å². The van der Waals surface area contributed by atoms with Gasteiger partial charge in [-0.05, 0) is 31.3 Å². The predicted molar refractivity (Wildman–Crippen MR) is 70.5 cm³/mol. The van der Waals surface area contributed by atoms with Crippen molar-refractivity contribution in [2.75, 3.05) is 23.5 Å². The largest absolute Gasteiger partial charge is 0.356 e. The van der Waals surface area contributed by atoms with E-state index in [1.807, 2.05) is 24.8 Å². The van der Waals surface area contributed by atoms with Crippen molar-refractivity contribution >= 4 is 29.2 Å². The maximum absolute atomic E-state index is 5.95. The van der Waals surface area contributed by atoms with Crippen LogP contribution in [0.25, 0.3) is 0 Å². The van der Waals surface area contributed by atoms with Crippen LogP contribution in [0.2, 0.25) is 5.15 Å². The molecule has 0 aliphatic carbocycles. The number of rotatable bonds is 2. The van der Waals surface area contributed by atoms with Crippen LogP contribution >= 0.6 is 23.4 Å². The van der Waals surface area contributed by atoms with Gasteiger partial charge >= 0.3 is 0 Å². The normalized spacial score (nSPS) is 17.4. The van der Waals surface area contributed by atoms with Crippen LogP contribution in [0.1, 0.15) is 18.7 Å². The molecule has 5 heteroatoms. The lowest BCUT2D eigenvalue weighted by atomic mass is 10.1. The molecule has 0 unspecified atom stereocenters. The predicted octanol–water partition coefficient (Wildman–Crippen LogP) is 2.77. The molecule has 0 amide bonds. The number of thioether (sulfide) groups is 1. The van der Waals surface area contributed by atoms with Gasteiger partial charge in [-0.15, -0.1) is 0 Å². The third-order valence-corrected chi connectivity index (χ3v) is 4.14. The molecule has 1 aliphatic rings. The molecule has 1 aromatic heterocycles. The molecule has 0 bridgehead atoms. The fraction of sp³-hybridized carbons (Fsp3) is 0.636. The first-order chi connectivity index (χ1) is 7.66. The molecule has 1 aliphatic heterocycles. The number of aryl methyl sites for hydroxylation is 1. The van der Waals surface area contributed by atoms with Crippen molar-refractivity contribution in [2.24, 2.45) is 0 Å². The Morgan fingerprint density at radius 2 is 2.06 bits per heavy atom. The number of halogens is 1. The summed E-state index contributed by atoms with van der Waals surface area (Å²) >= 11 is 7.98.